The minimum absolute atomic E-state index is 0.0281. The summed E-state index contributed by atoms with van der Waals surface area (Å²) >= 11 is 1.67. The van der Waals surface area contributed by atoms with Gasteiger partial charge in [-0.05, 0) is 42.2 Å². The van der Waals surface area contributed by atoms with Gasteiger partial charge in [-0.15, -0.1) is 11.8 Å². The predicted molar refractivity (Wildman–Crippen MR) is 94.0 cm³/mol. The van der Waals surface area contributed by atoms with Gasteiger partial charge in [0.05, 0.1) is 18.4 Å². The molecular weight excluding hydrogens is 306 g/mol. The third-order valence-corrected chi connectivity index (χ3v) is 5.50. The maximum absolute atomic E-state index is 12.6. The summed E-state index contributed by atoms with van der Waals surface area (Å²) in [6.45, 7) is 2.09. The van der Waals surface area contributed by atoms with Crippen LogP contribution in [-0.2, 0) is 11.2 Å². The van der Waals surface area contributed by atoms with Crippen LogP contribution in [0, 0.1) is 0 Å². The monoisotopic (exact) mass is 327 g/mol. The molecule has 0 spiro atoms. The van der Waals surface area contributed by atoms with Gasteiger partial charge in [0.15, 0.2) is 0 Å². The van der Waals surface area contributed by atoms with Gasteiger partial charge in [-0.1, -0.05) is 37.3 Å². The average molecular weight is 327 g/mol. The van der Waals surface area contributed by atoms with Crippen molar-refractivity contribution in [3.63, 3.8) is 0 Å². The smallest absolute Gasteiger partial charge is 0.234 e. The number of fused-ring (bicyclic) bond motifs is 1. The molecule has 2 aromatic carbocycles. The molecule has 23 heavy (non-hydrogen) atoms. The SMILES string of the molecule is CCC(NC(=O)C1Cc2ccccc2S1)c1ccc(OC)cc1. The molecule has 1 amide bonds. The van der Waals surface area contributed by atoms with Gasteiger partial charge in [0.2, 0.25) is 5.91 Å². The fourth-order valence-corrected chi connectivity index (χ4v) is 4.05. The second kappa shape index (κ2) is 7.09. The molecule has 0 aromatic heterocycles. The zero-order chi connectivity index (χ0) is 16.2. The van der Waals surface area contributed by atoms with Crippen LogP contribution in [0.25, 0.3) is 0 Å². The van der Waals surface area contributed by atoms with E-state index >= 15 is 0 Å². The Morgan fingerprint density at radius 2 is 2.00 bits per heavy atom. The quantitative estimate of drug-likeness (QED) is 0.903. The Morgan fingerprint density at radius 3 is 2.65 bits per heavy atom. The molecule has 1 heterocycles. The minimum Gasteiger partial charge on any atom is -0.497 e. The number of carbonyl (C=O) groups excluding carboxylic acids is 1. The van der Waals surface area contributed by atoms with Crippen LogP contribution in [0.2, 0.25) is 0 Å². The molecule has 1 aliphatic rings. The lowest BCUT2D eigenvalue weighted by atomic mass is 10.0. The average Bonchev–Trinajstić information content (AvgIpc) is 3.04. The summed E-state index contributed by atoms with van der Waals surface area (Å²) in [7, 11) is 1.66. The predicted octanol–water partition coefficient (Wildman–Crippen LogP) is 3.98. The van der Waals surface area contributed by atoms with Gasteiger partial charge >= 0.3 is 0 Å². The van der Waals surface area contributed by atoms with Crippen LogP contribution in [0.5, 0.6) is 5.75 Å². The third kappa shape index (κ3) is 3.53. The molecular formula is C19H21NO2S. The van der Waals surface area contributed by atoms with Crippen molar-refractivity contribution in [3.8, 4) is 5.75 Å². The Balaban J connectivity index is 1.66. The van der Waals surface area contributed by atoms with E-state index in [2.05, 4.69) is 24.4 Å². The van der Waals surface area contributed by atoms with Crippen LogP contribution in [0.15, 0.2) is 53.4 Å². The van der Waals surface area contributed by atoms with Crippen molar-refractivity contribution in [3.05, 3.63) is 59.7 Å². The zero-order valence-corrected chi connectivity index (χ0v) is 14.2. The van der Waals surface area contributed by atoms with E-state index in [-0.39, 0.29) is 17.2 Å². The van der Waals surface area contributed by atoms with Gasteiger partial charge in [0.25, 0.3) is 0 Å². The Labute approximate surface area is 141 Å². The van der Waals surface area contributed by atoms with Gasteiger partial charge < -0.3 is 10.1 Å². The summed E-state index contributed by atoms with van der Waals surface area (Å²) in [4.78, 5) is 13.8. The number of ether oxygens (including phenoxy) is 1. The van der Waals surface area contributed by atoms with E-state index in [1.54, 1.807) is 18.9 Å². The van der Waals surface area contributed by atoms with Gasteiger partial charge in [-0.3, -0.25) is 4.79 Å². The van der Waals surface area contributed by atoms with Crippen molar-refractivity contribution in [2.45, 2.75) is 36.0 Å². The first-order valence-electron chi connectivity index (χ1n) is 7.90. The largest absolute Gasteiger partial charge is 0.497 e. The van der Waals surface area contributed by atoms with E-state index in [1.165, 1.54) is 10.5 Å². The van der Waals surface area contributed by atoms with Crippen LogP contribution >= 0.6 is 11.8 Å². The second-order valence-corrected chi connectivity index (χ2v) is 6.91. The molecule has 0 bridgehead atoms. The van der Waals surface area contributed by atoms with Gasteiger partial charge in [-0.25, -0.2) is 0 Å². The molecule has 0 saturated carbocycles. The molecule has 2 aromatic rings. The van der Waals surface area contributed by atoms with E-state index in [0.717, 1.165) is 24.2 Å². The Hall–Kier alpha value is -1.94. The zero-order valence-electron chi connectivity index (χ0n) is 13.4. The number of rotatable bonds is 5. The van der Waals surface area contributed by atoms with Crippen molar-refractivity contribution in [1.82, 2.24) is 5.32 Å². The summed E-state index contributed by atoms with van der Waals surface area (Å²) < 4.78 is 5.19. The van der Waals surface area contributed by atoms with Crippen LogP contribution in [0.4, 0.5) is 0 Å². The molecule has 0 fully saturated rings. The first kappa shape index (κ1) is 15.9. The molecule has 2 unspecified atom stereocenters. The summed E-state index contributed by atoms with van der Waals surface area (Å²) in [5, 5.41) is 3.17. The Bertz CT molecular complexity index is 659. The van der Waals surface area contributed by atoms with Crippen molar-refractivity contribution in [2.24, 2.45) is 0 Å². The van der Waals surface area contributed by atoms with Crippen LogP contribution in [0.3, 0.4) is 0 Å². The first-order valence-corrected chi connectivity index (χ1v) is 8.78. The van der Waals surface area contributed by atoms with E-state index in [0.29, 0.717) is 0 Å². The van der Waals surface area contributed by atoms with Crippen LogP contribution in [-0.4, -0.2) is 18.3 Å². The lowest BCUT2D eigenvalue weighted by molar-refractivity contribution is -0.121. The van der Waals surface area contributed by atoms with E-state index in [1.807, 2.05) is 36.4 Å². The molecule has 0 radical (unpaired) electrons. The topological polar surface area (TPSA) is 38.3 Å². The molecule has 3 rings (SSSR count). The van der Waals surface area contributed by atoms with Crippen molar-refractivity contribution >= 4 is 17.7 Å². The maximum Gasteiger partial charge on any atom is 0.234 e. The molecule has 4 heteroatoms. The molecule has 0 saturated heterocycles. The molecule has 0 aliphatic carbocycles. The normalized spacial score (nSPS) is 17.4. The number of hydrogen-bond acceptors (Lipinski definition) is 3. The fraction of sp³-hybridized carbons (Fsp3) is 0.316. The number of thioether (sulfide) groups is 1. The number of benzene rings is 2. The molecule has 120 valence electrons. The standard InChI is InChI=1S/C19H21NO2S/c1-3-16(13-8-10-15(22-2)11-9-13)20-19(21)18-12-14-6-4-5-7-17(14)23-18/h4-11,16,18H,3,12H2,1-2H3,(H,20,21). The lowest BCUT2D eigenvalue weighted by Crippen LogP contribution is -2.35. The van der Waals surface area contributed by atoms with Crippen molar-refractivity contribution < 1.29 is 9.53 Å². The molecule has 2 atom stereocenters. The van der Waals surface area contributed by atoms with Crippen LogP contribution < -0.4 is 10.1 Å². The Morgan fingerprint density at radius 1 is 1.26 bits per heavy atom. The van der Waals surface area contributed by atoms with Crippen molar-refractivity contribution in [1.29, 1.82) is 0 Å². The molecule has 1 aliphatic heterocycles. The molecule has 3 nitrogen and oxygen atoms in total. The minimum atomic E-state index is -0.0281. The van der Waals surface area contributed by atoms with E-state index in [9.17, 15) is 4.79 Å². The third-order valence-electron chi connectivity index (χ3n) is 4.18. The summed E-state index contributed by atoms with van der Waals surface area (Å²) in [5.41, 5.74) is 2.39. The van der Waals surface area contributed by atoms with Crippen LogP contribution in [0.1, 0.15) is 30.5 Å². The summed E-state index contributed by atoms with van der Waals surface area (Å²) in [5.74, 6) is 0.950. The van der Waals surface area contributed by atoms with E-state index < -0.39 is 0 Å². The lowest BCUT2D eigenvalue weighted by Gasteiger charge is -2.20. The highest BCUT2D eigenvalue weighted by molar-refractivity contribution is 8.01. The highest BCUT2D eigenvalue weighted by atomic mass is 32.2. The fourth-order valence-electron chi connectivity index (χ4n) is 2.85. The number of hydrogen-bond donors (Lipinski definition) is 1. The highest BCUT2D eigenvalue weighted by Gasteiger charge is 2.29. The van der Waals surface area contributed by atoms with Gasteiger partial charge in [-0.2, -0.15) is 0 Å². The Kier molecular flexibility index (Phi) is 4.91. The molecule has 1 N–H and O–H groups in total. The van der Waals surface area contributed by atoms with Gasteiger partial charge in [0, 0.05) is 4.90 Å². The van der Waals surface area contributed by atoms with Gasteiger partial charge in [0.1, 0.15) is 5.75 Å². The van der Waals surface area contributed by atoms with Crippen molar-refractivity contribution in [2.75, 3.05) is 7.11 Å². The second-order valence-electron chi connectivity index (χ2n) is 5.66. The maximum atomic E-state index is 12.6. The first-order chi connectivity index (χ1) is 11.2. The number of methoxy groups -OCH3 is 1. The highest BCUT2D eigenvalue weighted by Crippen LogP contribution is 2.37. The number of nitrogens with one attached hydrogen (secondary N) is 1. The number of carbonyl (C=O) groups is 1. The number of amides is 1. The van der Waals surface area contributed by atoms with E-state index in [4.69, 9.17) is 4.74 Å². The summed E-state index contributed by atoms with van der Waals surface area (Å²) in [6, 6.07) is 16.2. The summed E-state index contributed by atoms with van der Waals surface area (Å²) in [6.07, 6.45) is 1.67.